The number of rotatable bonds is 5. The van der Waals surface area contributed by atoms with Gasteiger partial charge in [0.05, 0.1) is 16.2 Å². The summed E-state index contributed by atoms with van der Waals surface area (Å²) in [5.74, 6) is 0. The van der Waals surface area contributed by atoms with Gasteiger partial charge in [-0.15, -0.1) is 0 Å². The summed E-state index contributed by atoms with van der Waals surface area (Å²) in [5.41, 5.74) is 0.958. The molecule has 1 aliphatic rings. The summed E-state index contributed by atoms with van der Waals surface area (Å²) in [5, 5.41) is 23.1. The van der Waals surface area contributed by atoms with Crippen molar-refractivity contribution in [3.05, 3.63) is 33.9 Å². The highest BCUT2D eigenvalue weighted by Crippen LogP contribution is 2.40. The highest BCUT2D eigenvalue weighted by atomic mass is 32.2. The zero-order valence-electron chi connectivity index (χ0n) is 11.4. The minimum absolute atomic E-state index is 0.0486. The van der Waals surface area contributed by atoms with Gasteiger partial charge in [-0.05, 0) is 25.2 Å². The molecule has 5 nitrogen and oxygen atoms in total. The van der Waals surface area contributed by atoms with Crippen LogP contribution in [-0.4, -0.2) is 22.5 Å². The maximum Gasteiger partial charge on any atom is 0.270 e. The molecule has 0 heterocycles. The monoisotopic (exact) mass is 291 g/mol. The van der Waals surface area contributed by atoms with Crippen LogP contribution >= 0.6 is 11.8 Å². The van der Waals surface area contributed by atoms with E-state index < -0.39 is 4.92 Å². The average Bonchev–Trinajstić information content (AvgIpc) is 2.94. The molecule has 6 heteroatoms. The predicted molar refractivity (Wildman–Crippen MR) is 81.0 cm³/mol. The average molecular weight is 291 g/mol. The van der Waals surface area contributed by atoms with Crippen molar-refractivity contribution in [3.63, 3.8) is 0 Å². The Hall–Kier alpha value is -1.74. The van der Waals surface area contributed by atoms with Crippen LogP contribution in [0.25, 0.3) is 0 Å². The van der Waals surface area contributed by atoms with E-state index in [2.05, 4.69) is 11.6 Å². The molecule has 1 aromatic rings. The smallest absolute Gasteiger partial charge is 0.270 e. The number of nitrogens with one attached hydrogen (secondary N) is 1. The molecule has 0 radical (unpaired) electrons. The lowest BCUT2D eigenvalue weighted by Gasteiger charge is -2.27. The van der Waals surface area contributed by atoms with Crippen molar-refractivity contribution in [2.75, 3.05) is 18.1 Å². The van der Waals surface area contributed by atoms with Crippen LogP contribution < -0.4 is 5.32 Å². The van der Waals surface area contributed by atoms with Crippen LogP contribution in [0.3, 0.4) is 0 Å². The Kier molecular flexibility index (Phi) is 4.50. The van der Waals surface area contributed by atoms with Gasteiger partial charge in [0.1, 0.15) is 6.07 Å². The molecule has 1 aliphatic carbocycles. The standard InChI is InChI=1S/C14H17N3O2S/c1-20-14(6-2-3-7-14)10-16-13-5-4-12(17(18)19)8-11(13)9-15/h4-5,8,16H,2-3,6-7,10H2,1H3. The summed E-state index contributed by atoms with van der Waals surface area (Å²) in [6.07, 6.45) is 6.96. The first kappa shape index (κ1) is 14.7. The third-order valence-corrected chi connectivity index (χ3v) is 5.30. The number of hydrogen-bond donors (Lipinski definition) is 1. The third-order valence-electron chi connectivity index (χ3n) is 3.88. The highest BCUT2D eigenvalue weighted by molar-refractivity contribution is 8.00. The lowest BCUT2D eigenvalue weighted by molar-refractivity contribution is -0.384. The Morgan fingerprint density at radius 1 is 1.50 bits per heavy atom. The van der Waals surface area contributed by atoms with Gasteiger partial charge in [0.2, 0.25) is 0 Å². The zero-order chi connectivity index (χ0) is 14.6. The van der Waals surface area contributed by atoms with Crippen LogP contribution in [0.1, 0.15) is 31.2 Å². The first-order chi connectivity index (χ1) is 9.60. The third kappa shape index (κ3) is 3.05. The quantitative estimate of drug-likeness (QED) is 0.663. The molecule has 20 heavy (non-hydrogen) atoms. The maximum absolute atomic E-state index is 10.7. The van der Waals surface area contributed by atoms with Crippen molar-refractivity contribution in [2.24, 2.45) is 0 Å². The molecular formula is C14H17N3O2S. The second kappa shape index (κ2) is 6.14. The summed E-state index contributed by atoms with van der Waals surface area (Å²) in [4.78, 5) is 10.2. The number of non-ortho nitro benzene ring substituents is 1. The number of anilines is 1. The molecule has 0 amide bonds. The number of nitro benzene ring substituents is 1. The van der Waals surface area contributed by atoms with E-state index in [1.165, 1.54) is 37.8 Å². The molecule has 0 atom stereocenters. The first-order valence-corrected chi connectivity index (χ1v) is 7.80. The molecular weight excluding hydrogens is 274 g/mol. The molecule has 1 N–H and O–H groups in total. The minimum Gasteiger partial charge on any atom is -0.383 e. The summed E-state index contributed by atoms with van der Waals surface area (Å²) in [6, 6.07) is 6.40. The van der Waals surface area contributed by atoms with Crippen LogP contribution in [0.2, 0.25) is 0 Å². The van der Waals surface area contributed by atoms with Crippen LogP contribution in [0.5, 0.6) is 0 Å². The zero-order valence-corrected chi connectivity index (χ0v) is 12.2. The van der Waals surface area contributed by atoms with Gasteiger partial charge in [-0.25, -0.2) is 0 Å². The van der Waals surface area contributed by atoms with E-state index in [0.717, 1.165) is 6.54 Å². The van der Waals surface area contributed by atoms with Crippen molar-refractivity contribution in [2.45, 2.75) is 30.4 Å². The van der Waals surface area contributed by atoms with Gasteiger partial charge in [0.25, 0.3) is 5.69 Å². The Balaban J connectivity index is 2.13. The second-order valence-corrected chi connectivity index (χ2v) is 6.32. The Morgan fingerprint density at radius 2 is 2.20 bits per heavy atom. The van der Waals surface area contributed by atoms with Crippen LogP contribution in [0.15, 0.2) is 18.2 Å². The van der Waals surface area contributed by atoms with E-state index in [9.17, 15) is 10.1 Å². The predicted octanol–water partition coefficient (Wildman–Crippen LogP) is 3.55. The van der Waals surface area contributed by atoms with Crippen molar-refractivity contribution < 1.29 is 4.92 Å². The van der Waals surface area contributed by atoms with Crippen molar-refractivity contribution >= 4 is 23.1 Å². The summed E-state index contributed by atoms with van der Waals surface area (Å²) >= 11 is 1.87. The van der Waals surface area contributed by atoms with E-state index in [-0.39, 0.29) is 10.4 Å². The molecule has 1 fully saturated rings. The lowest BCUT2D eigenvalue weighted by Crippen LogP contribution is -2.30. The van der Waals surface area contributed by atoms with Gasteiger partial charge in [0.15, 0.2) is 0 Å². The normalized spacial score (nSPS) is 16.6. The summed E-state index contributed by atoms with van der Waals surface area (Å²) in [6.45, 7) is 0.792. The number of nitro groups is 1. The van der Waals surface area contributed by atoms with Crippen molar-refractivity contribution in [1.82, 2.24) is 0 Å². The molecule has 0 aliphatic heterocycles. The fourth-order valence-corrected chi connectivity index (χ4v) is 3.53. The van der Waals surface area contributed by atoms with Crippen molar-refractivity contribution in [1.29, 1.82) is 5.26 Å². The second-order valence-electron chi connectivity index (χ2n) is 5.05. The molecule has 0 unspecified atom stereocenters. The maximum atomic E-state index is 10.7. The van der Waals surface area contributed by atoms with Crippen LogP contribution in [0.4, 0.5) is 11.4 Å². The molecule has 2 rings (SSSR count). The molecule has 0 saturated heterocycles. The topological polar surface area (TPSA) is 79.0 Å². The molecule has 1 saturated carbocycles. The molecule has 106 valence electrons. The van der Waals surface area contributed by atoms with Gasteiger partial charge in [-0.2, -0.15) is 17.0 Å². The van der Waals surface area contributed by atoms with E-state index in [1.807, 2.05) is 17.8 Å². The van der Waals surface area contributed by atoms with Crippen LogP contribution in [-0.2, 0) is 0 Å². The van der Waals surface area contributed by atoms with E-state index in [4.69, 9.17) is 5.26 Å². The SMILES string of the molecule is CSC1(CNc2ccc([N+](=O)[O-])cc2C#N)CCCC1. The number of hydrogen-bond acceptors (Lipinski definition) is 5. The number of benzene rings is 1. The number of nitriles is 1. The molecule has 1 aromatic carbocycles. The van der Waals surface area contributed by atoms with Gasteiger partial charge in [-0.1, -0.05) is 12.8 Å². The fraction of sp³-hybridized carbons (Fsp3) is 0.500. The van der Waals surface area contributed by atoms with E-state index in [0.29, 0.717) is 11.3 Å². The van der Waals surface area contributed by atoms with E-state index in [1.54, 1.807) is 6.07 Å². The largest absolute Gasteiger partial charge is 0.383 e. The van der Waals surface area contributed by atoms with Gasteiger partial charge in [-0.3, -0.25) is 10.1 Å². The van der Waals surface area contributed by atoms with E-state index >= 15 is 0 Å². The van der Waals surface area contributed by atoms with Crippen molar-refractivity contribution in [3.8, 4) is 6.07 Å². The molecule has 0 aromatic heterocycles. The van der Waals surface area contributed by atoms with Gasteiger partial charge in [0, 0.05) is 23.4 Å². The first-order valence-electron chi connectivity index (χ1n) is 6.58. The van der Waals surface area contributed by atoms with Crippen LogP contribution in [0, 0.1) is 21.4 Å². The Labute approximate surface area is 122 Å². The number of nitrogens with zero attached hydrogens (tertiary/aromatic N) is 2. The summed E-state index contributed by atoms with van der Waals surface area (Å²) < 4.78 is 0.231. The highest BCUT2D eigenvalue weighted by Gasteiger charge is 2.32. The molecule has 0 bridgehead atoms. The van der Waals surface area contributed by atoms with Gasteiger partial charge >= 0.3 is 0 Å². The van der Waals surface area contributed by atoms with Gasteiger partial charge < -0.3 is 5.32 Å². The molecule has 0 spiro atoms. The fourth-order valence-electron chi connectivity index (χ4n) is 2.62. The summed E-state index contributed by atoms with van der Waals surface area (Å²) in [7, 11) is 0. The lowest BCUT2D eigenvalue weighted by atomic mass is 10.1. The Morgan fingerprint density at radius 3 is 2.75 bits per heavy atom. The minimum atomic E-state index is -0.481. The Bertz CT molecular complexity index is 548. The number of thioether (sulfide) groups is 1.